The highest BCUT2D eigenvalue weighted by Crippen LogP contribution is 2.27. The minimum atomic E-state index is -3.00. The number of allylic oxidation sites excluding steroid dienone is 3. The summed E-state index contributed by atoms with van der Waals surface area (Å²) in [6, 6.07) is 6.38. The maximum absolute atomic E-state index is 13.3. The minimum absolute atomic E-state index is 0.218. The van der Waals surface area contributed by atoms with Crippen LogP contribution in [0.3, 0.4) is 0 Å². The van der Waals surface area contributed by atoms with Crippen molar-refractivity contribution in [2.75, 3.05) is 20.7 Å². The monoisotopic (exact) mass is 448 g/mol. The molecule has 0 bridgehead atoms. The third-order valence-corrected chi connectivity index (χ3v) is 5.25. The van der Waals surface area contributed by atoms with Gasteiger partial charge in [0, 0.05) is 25.9 Å². The fourth-order valence-corrected chi connectivity index (χ4v) is 3.33. The molecule has 170 valence electrons. The zero-order chi connectivity index (χ0) is 23.6. The van der Waals surface area contributed by atoms with Gasteiger partial charge in [0.15, 0.2) is 6.61 Å². The van der Waals surface area contributed by atoms with Crippen LogP contribution in [0.25, 0.3) is 5.57 Å². The summed E-state index contributed by atoms with van der Waals surface area (Å²) < 4.78 is 31.9. The number of benzene rings is 1. The average Bonchev–Trinajstić information content (AvgIpc) is 2.72. The van der Waals surface area contributed by atoms with Crippen LogP contribution < -0.4 is 0 Å². The highest BCUT2D eigenvalue weighted by Gasteiger charge is 2.25. The van der Waals surface area contributed by atoms with Gasteiger partial charge in [0.25, 0.3) is 5.66 Å². The number of hydrogen-bond acceptors (Lipinski definition) is 3. The van der Waals surface area contributed by atoms with Crippen LogP contribution in [0.5, 0.6) is 0 Å². The van der Waals surface area contributed by atoms with E-state index in [4.69, 9.17) is 4.74 Å². The van der Waals surface area contributed by atoms with Crippen molar-refractivity contribution in [1.82, 2.24) is 0 Å². The molecule has 0 saturated carbocycles. The van der Waals surface area contributed by atoms with Crippen molar-refractivity contribution in [2.45, 2.75) is 52.6 Å². The number of ether oxygens (including phenoxy) is 1. The van der Waals surface area contributed by atoms with Crippen LogP contribution in [0.2, 0.25) is 0 Å². The number of aliphatic imine (C=N–C) groups is 2. The second-order valence-corrected chi connectivity index (χ2v) is 8.31. The minimum Gasteiger partial charge on any atom is -0.471 e. The lowest BCUT2D eigenvalue weighted by molar-refractivity contribution is 0.0413. The Hall–Kier alpha value is -2.13. The Labute approximate surface area is 188 Å². The van der Waals surface area contributed by atoms with Gasteiger partial charge in [-0.3, -0.25) is 9.98 Å². The van der Waals surface area contributed by atoms with Crippen LogP contribution in [0.1, 0.15) is 50.3 Å². The molecule has 31 heavy (non-hydrogen) atoms. The Morgan fingerprint density at radius 3 is 2.45 bits per heavy atom. The van der Waals surface area contributed by atoms with Crippen molar-refractivity contribution in [1.29, 1.82) is 0 Å². The van der Waals surface area contributed by atoms with E-state index in [1.54, 1.807) is 14.1 Å². The fraction of sp³-hybridized carbons (Fsp3) is 0.440. The van der Waals surface area contributed by atoms with E-state index in [2.05, 4.69) is 41.7 Å². The normalized spacial score (nSPS) is 14.1. The number of halogens is 2. The number of nitrogens with zero attached hydrogens (tertiary/aromatic N) is 2. The zero-order valence-corrected chi connectivity index (χ0v) is 20.7. The molecule has 0 fully saturated rings. The molecule has 1 unspecified atom stereocenters. The number of alkyl halides is 2. The standard InChI is InChI=1S/C25H35F2N2OP/c1-8-17(3)23(24(29-7)30-16-25(26,27)31)18(4)10-11-21-12-13-22(14-19(21)5)20(9-2)15-28-6/h9,12-15H,4,8,10-11,16,31H2,1-3,5-7H3/b20-9+,23-17+,28-15?,29-24?. The molecule has 0 amide bonds. The highest BCUT2D eigenvalue weighted by molar-refractivity contribution is 7.18. The van der Waals surface area contributed by atoms with E-state index >= 15 is 0 Å². The van der Waals surface area contributed by atoms with Crippen molar-refractivity contribution in [3.63, 3.8) is 0 Å². The van der Waals surface area contributed by atoms with Crippen LogP contribution in [0, 0.1) is 6.92 Å². The molecule has 0 heterocycles. The van der Waals surface area contributed by atoms with Crippen LogP contribution in [-0.4, -0.2) is 38.5 Å². The van der Waals surface area contributed by atoms with Crippen LogP contribution in [-0.2, 0) is 11.2 Å². The summed E-state index contributed by atoms with van der Waals surface area (Å²) in [6.45, 7) is 11.5. The summed E-state index contributed by atoms with van der Waals surface area (Å²) in [5, 5.41) is 0. The van der Waals surface area contributed by atoms with Crippen molar-refractivity contribution < 1.29 is 13.5 Å². The molecule has 1 aromatic rings. The first kappa shape index (κ1) is 26.9. The van der Waals surface area contributed by atoms with Gasteiger partial charge in [0.05, 0.1) is 0 Å². The van der Waals surface area contributed by atoms with Crippen molar-refractivity contribution in [3.05, 3.63) is 64.3 Å². The molecule has 1 rings (SSSR count). The van der Waals surface area contributed by atoms with Gasteiger partial charge in [-0.1, -0.05) is 52.6 Å². The Morgan fingerprint density at radius 2 is 1.97 bits per heavy atom. The maximum Gasteiger partial charge on any atom is 0.292 e. The number of aryl methyl sites for hydroxylation is 2. The van der Waals surface area contributed by atoms with Gasteiger partial charge in [0.1, 0.15) is 0 Å². The van der Waals surface area contributed by atoms with Crippen LogP contribution in [0.15, 0.2) is 57.6 Å². The molecular formula is C25H35F2N2OP. The molecule has 3 nitrogen and oxygen atoms in total. The van der Waals surface area contributed by atoms with E-state index in [-0.39, 0.29) is 5.90 Å². The molecule has 6 heteroatoms. The summed E-state index contributed by atoms with van der Waals surface area (Å²) in [5.74, 6) is 0.218. The average molecular weight is 449 g/mol. The molecule has 0 aromatic heterocycles. The SMILES string of the molecule is C=C(CCc1ccc(/C(C=NC)=C/C)cc1C)/C(C(=NC)OCC(F)(F)P)=C(/C)CC. The van der Waals surface area contributed by atoms with Crippen molar-refractivity contribution in [3.8, 4) is 0 Å². The van der Waals surface area contributed by atoms with Crippen LogP contribution >= 0.6 is 9.24 Å². The third kappa shape index (κ3) is 8.49. The molecule has 0 N–H and O–H groups in total. The lowest BCUT2D eigenvalue weighted by Gasteiger charge is -2.19. The van der Waals surface area contributed by atoms with Gasteiger partial charge in [-0.2, -0.15) is 8.78 Å². The first-order valence-electron chi connectivity index (χ1n) is 10.4. The zero-order valence-electron chi connectivity index (χ0n) is 19.6. The molecule has 1 aromatic carbocycles. The molecule has 0 saturated heterocycles. The topological polar surface area (TPSA) is 34.0 Å². The highest BCUT2D eigenvalue weighted by atomic mass is 31.0. The van der Waals surface area contributed by atoms with Crippen LogP contribution in [0.4, 0.5) is 8.78 Å². The van der Waals surface area contributed by atoms with Gasteiger partial charge in [0.2, 0.25) is 5.90 Å². The molecule has 0 radical (unpaired) electrons. The van der Waals surface area contributed by atoms with Gasteiger partial charge < -0.3 is 4.74 Å². The Morgan fingerprint density at radius 1 is 1.29 bits per heavy atom. The summed E-state index contributed by atoms with van der Waals surface area (Å²) >= 11 is 0. The Balaban J connectivity index is 3.04. The first-order chi connectivity index (χ1) is 14.6. The lowest BCUT2D eigenvalue weighted by atomic mass is 9.92. The van der Waals surface area contributed by atoms with E-state index in [0.29, 0.717) is 6.42 Å². The van der Waals surface area contributed by atoms with Gasteiger partial charge in [-0.25, -0.2) is 0 Å². The van der Waals surface area contributed by atoms with Crippen molar-refractivity contribution in [2.24, 2.45) is 9.98 Å². The predicted molar refractivity (Wildman–Crippen MR) is 134 cm³/mol. The summed E-state index contributed by atoms with van der Waals surface area (Å²) in [6.07, 6.45) is 6.12. The number of rotatable bonds is 10. The Bertz CT molecular complexity index is 893. The molecular weight excluding hydrogens is 413 g/mol. The largest absolute Gasteiger partial charge is 0.471 e. The summed E-state index contributed by atoms with van der Waals surface area (Å²) in [5.41, 5.74) is 4.20. The molecule has 0 aliphatic carbocycles. The maximum atomic E-state index is 13.3. The van der Waals surface area contributed by atoms with Gasteiger partial charge >= 0.3 is 0 Å². The first-order valence-corrected chi connectivity index (χ1v) is 11.0. The summed E-state index contributed by atoms with van der Waals surface area (Å²) in [4.78, 5) is 8.24. The summed E-state index contributed by atoms with van der Waals surface area (Å²) in [7, 11) is 4.80. The fourth-order valence-electron chi connectivity index (χ4n) is 3.25. The Kier molecular flexibility index (Phi) is 11.0. The van der Waals surface area contributed by atoms with E-state index in [1.165, 1.54) is 20.4 Å². The van der Waals surface area contributed by atoms with Gasteiger partial charge in [-0.05, 0) is 67.9 Å². The molecule has 0 aliphatic heterocycles. The quantitative estimate of drug-likeness (QED) is 0.167. The molecule has 0 spiro atoms. The smallest absolute Gasteiger partial charge is 0.292 e. The molecule has 0 aliphatic rings. The van der Waals surface area contributed by atoms with E-state index in [1.807, 2.05) is 33.1 Å². The number of hydrogen-bond donors (Lipinski definition) is 0. The van der Waals surface area contributed by atoms with Gasteiger partial charge in [-0.15, -0.1) is 0 Å². The van der Waals surface area contributed by atoms with E-state index < -0.39 is 12.3 Å². The second kappa shape index (κ2) is 12.7. The predicted octanol–water partition coefficient (Wildman–Crippen LogP) is 6.83. The van der Waals surface area contributed by atoms with E-state index in [9.17, 15) is 8.78 Å². The second-order valence-electron chi connectivity index (χ2n) is 7.46. The molecule has 1 atom stereocenters. The van der Waals surface area contributed by atoms with Crippen molar-refractivity contribution >= 4 is 26.9 Å². The third-order valence-electron chi connectivity index (χ3n) is 5.08. The lowest BCUT2D eigenvalue weighted by Crippen LogP contribution is -2.21. The van der Waals surface area contributed by atoms with E-state index in [0.717, 1.165) is 40.7 Å².